The maximum atomic E-state index is 13.0. The predicted octanol–water partition coefficient (Wildman–Crippen LogP) is 5.55. The number of hydrogen-bond acceptors (Lipinski definition) is 3. The molecule has 0 heterocycles. The standard InChI is InChI=1S/C24H26O3/c1-14-8-18(9-15(2)22(14)25)12-20-6-5-7-21(24(20)27)13-19-10-16(3)23(26)17(4)11-19/h8-13,25-26H,5-7H2,1-4H3/b20-12+,21-13+. The number of benzene rings is 2. The number of rotatable bonds is 2. The highest BCUT2D eigenvalue weighted by molar-refractivity contribution is 6.14. The van der Waals surface area contributed by atoms with Crippen molar-refractivity contribution >= 4 is 17.9 Å². The summed E-state index contributed by atoms with van der Waals surface area (Å²) >= 11 is 0. The molecule has 1 aliphatic carbocycles. The van der Waals surface area contributed by atoms with E-state index in [0.717, 1.165) is 63.8 Å². The molecule has 27 heavy (non-hydrogen) atoms. The van der Waals surface area contributed by atoms with Crippen molar-refractivity contribution in [3.63, 3.8) is 0 Å². The molecule has 0 amide bonds. The lowest BCUT2D eigenvalue weighted by molar-refractivity contribution is -0.112. The topological polar surface area (TPSA) is 57.5 Å². The van der Waals surface area contributed by atoms with Crippen LogP contribution in [-0.4, -0.2) is 16.0 Å². The Kier molecular flexibility index (Phi) is 5.22. The van der Waals surface area contributed by atoms with Gasteiger partial charge < -0.3 is 10.2 Å². The van der Waals surface area contributed by atoms with Gasteiger partial charge in [0, 0.05) is 11.1 Å². The summed E-state index contributed by atoms with van der Waals surface area (Å²) in [6, 6.07) is 7.64. The molecule has 1 saturated carbocycles. The minimum absolute atomic E-state index is 0.0908. The summed E-state index contributed by atoms with van der Waals surface area (Å²) in [6.07, 6.45) is 6.37. The van der Waals surface area contributed by atoms with E-state index in [1.54, 1.807) is 0 Å². The number of carbonyl (C=O) groups is 1. The summed E-state index contributed by atoms with van der Waals surface area (Å²) < 4.78 is 0. The first-order valence-electron chi connectivity index (χ1n) is 9.32. The molecule has 1 aliphatic rings. The largest absolute Gasteiger partial charge is 0.507 e. The van der Waals surface area contributed by atoms with Crippen LogP contribution in [0.2, 0.25) is 0 Å². The van der Waals surface area contributed by atoms with Gasteiger partial charge >= 0.3 is 0 Å². The normalized spacial score (nSPS) is 17.7. The Balaban J connectivity index is 1.94. The third-order valence-electron chi connectivity index (χ3n) is 5.18. The molecule has 3 rings (SSSR count). The Labute approximate surface area is 160 Å². The van der Waals surface area contributed by atoms with Crippen LogP contribution < -0.4 is 0 Å². The number of hydrogen-bond donors (Lipinski definition) is 2. The van der Waals surface area contributed by atoms with Crippen LogP contribution in [0.1, 0.15) is 52.6 Å². The summed E-state index contributed by atoms with van der Waals surface area (Å²) in [5.74, 6) is 0.713. The van der Waals surface area contributed by atoms with E-state index in [2.05, 4.69) is 0 Å². The average molecular weight is 362 g/mol. The van der Waals surface area contributed by atoms with Crippen LogP contribution in [0.3, 0.4) is 0 Å². The van der Waals surface area contributed by atoms with E-state index in [-0.39, 0.29) is 5.78 Å². The zero-order valence-electron chi connectivity index (χ0n) is 16.4. The second-order valence-corrected chi connectivity index (χ2v) is 7.53. The molecule has 0 aromatic heterocycles. The van der Waals surface area contributed by atoms with Crippen molar-refractivity contribution in [2.45, 2.75) is 47.0 Å². The number of aryl methyl sites for hydroxylation is 4. The van der Waals surface area contributed by atoms with Crippen LogP contribution in [0.4, 0.5) is 0 Å². The van der Waals surface area contributed by atoms with Gasteiger partial charge in [-0.1, -0.05) is 0 Å². The number of phenolic OH excluding ortho intramolecular Hbond substituents is 2. The van der Waals surface area contributed by atoms with Crippen molar-refractivity contribution in [3.8, 4) is 11.5 Å². The van der Waals surface area contributed by atoms with Crippen LogP contribution in [0.15, 0.2) is 35.4 Å². The molecule has 1 fully saturated rings. The molecule has 0 bridgehead atoms. The van der Waals surface area contributed by atoms with Crippen molar-refractivity contribution in [1.29, 1.82) is 0 Å². The number of Topliss-reactive ketones (excluding diaryl/α,β-unsaturated/α-hetero) is 1. The van der Waals surface area contributed by atoms with Gasteiger partial charge in [0.1, 0.15) is 11.5 Å². The summed E-state index contributed by atoms with van der Waals surface area (Å²) in [5, 5.41) is 19.9. The van der Waals surface area contributed by atoms with Gasteiger partial charge in [0.15, 0.2) is 5.78 Å². The number of ketones is 1. The van der Waals surface area contributed by atoms with Gasteiger partial charge in [-0.15, -0.1) is 0 Å². The van der Waals surface area contributed by atoms with Gasteiger partial charge in [-0.25, -0.2) is 0 Å². The van der Waals surface area contributed by atoms with Crippen LogP contribution in [0, 0.1) is 27.7 Å². The lowest BCUT2D eigenvalue weighted by atomic mass is 9.86. The average Bonchev–Trinajstić information content (AvgIpc) is 2.61. The molecule has 0 unspecified atom stereocenters. The third-order valence-corrected chi connectivity index (χ3v) is 5.18. The van der Waals surface area contributed by atoms with Gasteiger partial charge in [-0.05, 0) is 117 Å². The molecule has 2 aromatic rings. The first-order valence-corrected chi connectivity index (χ1v) is 9.32. The summed E-state index contributed by atoms with van der Waals surface area (Å²) in [5.41, 5.74) is 6.78. The maximum Gasteiger partial charge on any atom is 0.185 e. The van der Waals surface area contributed by atoms with Crippen LogP contribution >= 0.6 is 0 Å². The number of phenols is 2. The molecule has 3 heteroatoms. The molecule has 0 aliphatic heterocycles. The summed E-state index contributed by atoms with van der Waals surface area (Å²) in [6.45, 7) is 7.48. The van der Waals surface area contributed by atoms with Crippen molar-refractivity contribution in [1.82, 2.24) is 0 Å². The molecular formula is C24H26O3. The van der Waals surface area contributed by atoms with Crippen molar-refractivity contribution in [2.75, 3.05) is 0 Å². The van der Waals surface area contributed by atoms with Gasteiger partial charge in [-0.3, -0.25) is 4.79 Å². The van der Waals surface area contributed by atoms with E-state index < -0.39 is 0 Å². The second-order valence-electron chi connectivity index (χ2n) is 7.53. The Morgan fingerprint density at radius 3 is 1.37 bits per heavy atom. The van der Waals surface area contributed by atoms with E-state index in [1.165, 1.54) is 0 Å². The van der Waals surface area contributed by atoms with E-state index in [1.807, 2.05) is 64.1 Å². The first-order chi connectivity index (χ1) is 12.8. The molecule has 0 spiro atoms. The van der Waals surface area contributed by atoms with Crippen molar-refractivity contribution < 1.29 is 15.0 Å². The van der Waals surface area contributed by atoms with Crippen LogP contribution in [0.5, 0.6) is 11.5 Å². The SMILES string of the molecule is Cc1cc(/C=C2\CCC/C(=C\c3cc(C)c(O)c(C)c3)C2=O)cc(C)c1O. The second kappa shape index (κ2) is 7.43. The zero-order chi connectivity index (χ0) is 19.7. The van der Waals surface area contributed by atoms with Crippen LogP contribution in [0.25, 0.3) is 12.2 Å². The summed E-state index contributed by atoms with van der Waals surface area (Å²) in [4.78, 5) is 13.0. The molecule has 2 aromatic carbocycles. The Hall–Kier alpha value is -2.81. The van der Waals surface area contributed by atoms with Gasteiger partial charge in [-0.2, -0.15) is 0 Å². The van der Waals surface area contributed by atoms with E-state index in [0.29, 0.717) is 11.5 Å². The molecule has 3 nitrogen and oxygen atoms in total. The van der Waals surface area contributed by atoms with Gasteiger partial charge in [0.25, 0.3) is 0 Å². The molecule has 140 valence electrons. The highest BCUT2D eigenvalue weighted by atomic mass is 16.3. The molecule has 0 atom stereocenters. The fourth-order valence-electron chi connectivity index (χ4n) is 3.73. The minimum atomic E-state index is 0.0908. The van der Waals surface area contributed by atoms with Crippen molar-refractivity contribution in [3.05, 3.63) is 68.8 Å². The zero-order valence-corrected chi connectivity index (χ0v) is 16.4. The van der Waals surface area contributed by atoms with Gasteiger partial charge in [0.05, 0.1) is 0 Å². The van der Waals surface area contributed by atoms with Crippen LogP contribution in [-0.2, 0) is 4.79 Å². The van der Waals surface area contributed by atoms with E-state index in [4.69, 9.17) is 0 Å². The third kappa shape index (κ3) is 3.97. The Morgan fingerprint density at radius 1 is 0.704 bits per heavy atom. The Bertz CT molecular complexity index is 854. The fraction of sp³-hybridized carbons (Fsp3) is 0.292. The number of carbonyl (C=O) groups excluding carboxylic acids is 1. The first kappa shape index (κ1) is 19.0. The predicted molar refractivity (Wildman–Crippen MR) is 110 cm³/mol. The molecule has 0 saturated heterocycles. The van der Waals surface area contributed by atoms with E-state index >= 15 is 0 Å². The lowest BCUT2D eigenvalue weighted by Crippen LogP contribution is -2.12. The van der Waals surface area contributed by atoms with Crippen molar-refractivity contribution in [2.24, 2.45) is 0 Å². The monoisotopic (exact) mass is 362 g/mol. The minimum Gasteiger partial charge on any atom is -0.507 e. The fourth-order valence-corrected chi connectivity index (χ4v) is 3.73. The van der Waals surface area contributed by atoms with Gasteiger partial charge in [0.2, 0.25) is 0 Å². The lowest BCUT2D eigenvalue weighted by Gasteiger charge is -2.17. The highest BCUT2D eigenvalue weighted by Crippen LogP contribution is 2.31. The quantitative estimate of drug-likeness (QED) is 0.689. The summed E-state index contributed by atoms with van der Waals surface area (Å²) in [7, 11) is 0. The molecule has 2 N–H and O–H groups in total. The molecular weight excluding hydrogens is 336 g/mol. The number of allylic oxidation sites excluding steroid dienone is 2. The smallest absolute Gasteiger partial charge is 0.185 e. The Morgan fingerprint density at radius 2 is 1.04 bits per heavy atom. The highest BCUT2D eigenvalue weighted by Gasteiger charge is 2.21. The van der Waals surface area contributed by atoms with E-state index in [9.17, 15) is 15.0 Å². The molecule has 0 radical (unpaired) electrons. The number of aromatic hydroxyl groups is 2. The maximum absolute atomic E-state index is 13.0.